The number of hydrogen-bond donors (Lipinski definition) is 1. The molecule has 0 amide bonds. The summed E-state index contributed by atoms with van der Waals surface area (Å²) < 4.78 is 27.2. The van der Waals surface area contributed by atoms with Gasteiger partial charge in [-0.2, -0.15) is 8.78 Å². The van der Waals surface area contributed by atoms with Crippen molar-refractivity contribution in [1.82, 2.24) is 24.3 Å². The lowest BCUT2D eigenvalue weighted by Crippen LogP contribution is -2.42. The Morgan fingerprint density at radius 3 is 2.77 bits per heavy atom. The standard InChI is InChI=1S/C14H17F2N5O/c15-14(16)21-4-1-12(7-13(21)22)20-9-11(18-10-20)8-19-5-2-17-3-6-19/h1,4,7,9-10,14,17H,2-3,5-6,8H2. The zero-order chi connectivity index (χ0) is 15.5. The van der Waals surface area contributed by atoms with Crippen LogP contribution >= 0.6 is 0 Å². The first-order valence-electron chi connectivity index (χ1n) is 7.10. The van der Waals surface area contributed by atoms with Crippen molar-refractivity contribution in [1.29, 1.82) is 0 Å². The van der Waals surface area contributed by atoms with E-state index in [9.17, 15) is 13.6 Å². The van der Waals surface area contributed by atoms with E-state index in [0.717, 1.165) is 44.6 Å². The molecule has 1 aliphatic rings. The van der Waals surface area contributed by atoms with Gasteiger partial charge in [-0.1, -0.05) is 0 Å². The molecule has 0 atom stereocenters. The predicted octanol–water partition coefficient (Wildman–Crippen LogP) is 0.834. The number of nitrogens with zero attached hydrogens (tertiary/aromatic N) is 4. The lowest BCUT2D eigenvalue weighted by molar-refractivity contribution is 0.0663. The van der Waals surface area contributed by atoms with Gasteiger partial charge < -0.3 is 9.88 Å². The average Bonchev–Trinajstić information content (AvgIpc) is 2.96. The van der Waals surface area contributed by atoms with Gasteiger partial charge >= 0.3 is 6.55 Å². The summed E-state index contributed by atoms with van der Waals surface area (Å²) in [6.45, 7) is 1.78. The van der Waals surface area contributed by atoms with Crippen LogP contribution in [0.3, 0.4) is 0 Å². The zero-order valence-corrected chi connectivity index (χ0v) is 12.0. The van der Waals surface area contributed by atoms with Gasteiger partial charge in [0.25, 0.3) is 5.56 Å². The molecule has 1 saturated heterocycles. The fourth-order valence-electron chi connectivity index (χ4n) is 2.49. The molecule has 3 rings (SSSR count). The molecule has 0 saturated carbocycles. The predicted molar refractivity (Wildman–Crippen MR) is 77.2 cm³/mol. The summed E-state index contributed by atoms with van der Waals surface area (Å²) in [6.07, 6.45) is 4.51. The van der Waals surface area contributed by atoms with E-state index in [2.05, 4.69) is 15.2 Å². The van der Waals surface area contributed by atoms with Gasteiger partial charge in [-0.05, 0) is 6.07 Å². The van der Waals surface area contributed by atoms with Crippen molar-refractivity contribution in [2.75, 3.05) is 26.2 Å². The van der Waals surface area contributed by atoms with Gasteiger partial charge in [0.1, 0.15) is 0 Å². The van der Waals surface area contributed by atoms with E-state index in [4.69, 9.17) is 0 Å². The lowest BCUT2D eigenvalue weighted by atomic mass is 10.3. The highest BCUT2D eigenvalue weighted by atomic mass is 19.3. The number of halogens is 2. The van der Waals surface area contributed by atoms with Gasteiger partial charge in [-0.25, -0.2) is 4.98 Å². The first kappa shape index (κ1) is 14.9. The molecule has 1 fully saturated rings. The molecule has 22 heavy (non-hydrogen) atoms. The molecule has 0 aliphatic carbocycles. The highest BCUT2D eigenvalue weighted by molar-refractivity contribution is 5.30. The normalized spacial score (nSPS) is 16.3. The smallest absolute Gasteiger partial charge is 0.314 e. The molecular formula is C14H17F2N5O. The van der Waals surface area contributed by atoms with Gasteiger partial charge in [0, 0.05) is 51.2 Å². The van der Waals surface area contributed by atoms with Gasteiger partial charge in [-0.3, -0.25) is 14.3 Å². The van der Waals surface area contributed by atoms with Crippen molar-refractivity contribution in [3.05, 3.63) is 46.9 Å². The van der Waals surface area contributed by atoms with Crippen LogP contribution in [0.25, 0.3) is 5.69 Å². The third-order valence-corrected chi connectivity index (χ3v) is 3.67. The summed E-state index contributed by atoms with van der Waals surface area (Å²) in [5, 5.41) is 3.29. The first-order valence-corrected chi connectivity index (χ1v) is 7.10. The van der Waals surface area contributed by atoms with Crippen LogP contribution in [0.5, 0.6) is 0 Å². The van der Waals surface area contributed by atoms with Crippen LogP contribution < -0.4 is 10.9 Å². The highest BCUT2D eigenvalue weighted by Crippen LogP contribution is 2.11. The Morgan fingerprint density at radius 2 is 2.09 bits per heavy atom. The lowest BCUT2D eigenvalue weighted by Gasteiger charge is -2.26. The number of rotatable bonds is 4. The molecule has 0 radical (unpaired) electrons. The summed E-state index contributed by atoms with van der Waals surface area (Å²) in [6, 6.07) is 2.66. The molecule has 2 aromatic rings. The summed E-state index contributed by atoms with van der Waals surface area (Å²) in [4.78, 5) is 18.2. The largest absolute Gasteiger partial charge is 0.321 e. The third kappa shape index (κ3) is 3.23. The molecule has 0 unspecified atom stereocenters. The Bertz CT molecular complexity index is 691. The zero-order valence-electron chi connectivity index (χ0n) is 12.0. The van der Waals surface area contributed by atoms with Crippen LogP contribution in [-0.4, -0.2) is 45.2 Å². The minimum absolute atomic E-state index is 0.391. The number of piperazine rings is 1. The number of pyridine rings is 1. The number of hydrogen-bond acceptors (Lipinski definition) is 4. The third-order valence-electron chi connectivity index (χ3n) is 3.67. The molecule has 6 nitrogen and oxygen atoms in total. The van der Waals surface area contributed by atoms with Crippen LogP contribution in [0.4, 0.5) is 8.78 Å². The molecule has 3 heterocycles. The maximum atomic E-state index is 12.6. The minimum Gasteiger partial charge on any atom is -0.314 e. The number of nitrogens with one attached hydrogen (secondary N) is 1. The quantitative estimate of drug-likeness (QED) is 0.909. The van der Waals surface area contributed by atoms with Crippen molar-refractivity contribution in [2.45, 2.75) is 13.1 Å². The van der Waals surface area contributed by atoms with Crippen molar-refractivity contribution < 1.29 is 8.78 Å². The molecule has 0 spiro atoms. The van der Waals surface area contributed by atoms with Crippen LogP contribution in [0, 0.1) is 0 Å². The molecule has 2 aromatic heterocycles. The Hall–Kier alpha value is -2.06. The summed E-state index contributed by atoms with van der Waals surface area (Å²) in [5.74, 6) is 0. The second kappa shape index (κ2) is 6.37. The summed E-state index contributed by atoms with van der Waals surface area (Å²) in [7, 11) is 0. The fraction of sp³-hybridized carbons (Fsp3) is 0.429. The van der Waals surface area contributed by atoms with Crippen molar-refractivity contribution in [2.24, 2.45) is 0 Å². The number of alkyl halides is 2. The molecule has 0 bridgehead atoms. The van der Waals surface area contributed by atoms with Crippen molar-refractivity contribution in [3.8, 4) is 5.69 Å². The monoisotopic (exact) mass is 309 g/mol. The van der Waals surface area contributed by atoms with Gasteiger partial charge in [0.2, 0.25) is 0 Å². The second-order valence-electron chi connectivity index (χ2n) is 5.21. The summed E-state index contributed by atoms with van der Waals surface area (Å²) >= 11 is 0. The molecule has 118 valence electrons. The molecule has 8 heteroatoms. The molecule has 1 aliphatic heterocycles. The molecule has 1 N–H and O–H groups in total. The fourth-order valence-corrected chi connectivity index (χ4v) is 2.49. The number of aromatic nitrogens is 3. The van der Waals surface area contributed by atoms with E-state index < -0.39 is 12.1 Å². The van der Waals surface area contributed by atoms with E-state index in [-0.39, 0.29) is 0 Å². The van der Waals surface area contributed by atoms with E-state index in [1.807, 2.05) is 6.20 Å². The topological polar surface area (TPSA) is 55.1 Å². The molecular weight excluding hydrogens is 292 g/mol. The number of imidazole rings is 1. The Morgan fingerprint density at radius 1 is 1.32 bits per heavy atom. The van der Waals surface area contributed by atoms with E-state index in [1.165, 1.54) is 12.1 Å². The Labute approximate surface area is 126 Å². The van der Waals surface area contributed by atoms with Crippen LogP contribution in [0.15, 0.2) is 35.6 Å². The average molecular weight is 309 g/mol. The summed E-state index contributed by atoms with van der Waals surface area (Å²) in [5.41, 5.74) is 0.686. The maximum Gasteiger partial charge on any atom is 0.321 e. The SMILES string of the molecule is O=c1cc(-n2cnc(CN3CCNCC3)c2)ccn1C(F)F. The highest BCUT2D eigenvalue weighted by Gasteiger charge is 2.12. The Balaban J connectivity index is 1.75. The minimum atomic E-state index is -2.83. The van der Waals surface area contributed by atoms with Crippen LogP contribution in [0.2, 0.25) is 0 Å². The van der Waals surface area contributed by atoms with Crippen LogP contribution in [-0.2, 0) is 6.54 Å². The Kier molecular flexibility index (Phi) is 4.30. The molecule has 0 aromatic carbocycles. The first-order chi connectivity index (χ1) is 10.6. The van der Waals surface area contributed by atoms with E-state index >= 15 is 0 Å². The van der Waals surface area contributed by atoms with Crippen LogP contribution in [0.1, 0.15) is 12.2 Å². The van der Waals surface area contributed by atoms with Gasteiger partial charge in [0.05, 0.1) is 17.7 Å². The maximum absolute atomic E-state index is 12.6. The van der Waals surface area contributed by atoms with Crippen molar-refractivity contribution in [3.63, 3.8) is 0 Å². The van der Waals surface area contributed by atoms with E-state index in [0.29, 0.717) is 10.3 Å². The second-order valence-corrected chi connectivity index (χ2v) is 5.21. The van der Waals surface area contributed by atoms with Crippen molar-refractivity contribution >= 4 is 0 Å². The van der Waals surface area contributed by atoms with Gasteiger partial charge in [0.15, 0.2) is 0 Å². The van der Waals surface area contributed by atoms with Gasteiger partial charge in [-0.15, -0.1) is 0 Å². The van der Waals surface area contributed by atoms with E-state index in [1.54, 1.807) is 10.9 Å².